The number of hydrogen-bond donors (Lipinski definition) is 1. The second-order valence-electron chi connectivity index (χ2n) is 5.57. The molecular weight excluding hydrogens is 390 g/mol. The lowest BCUT2D eigenvalue weighted by Gasteiger charge is -2.15. The maximum atomic E-state index is 12.7. The SMILES string of the molecule is CO/N=C1/CCCc2c(C(=O)N/N=C\c3ccccc3Cl)sc(SC)c21. The Morgan fingerprint density at radius 1 is 1.38 bits per heavy atom. The van der Waals surface area contributed by atoms with Gasteiger partial charge in [0, 0.05) is 16.1 Å². The number of fused-ring (bicyclic) bond motifs is 1. The van der Waals surface area contributed by atoms with Crippen LogP contribution in [0.2, 0.25) is 5.02 Å². The van der Waals surface area contributed by atoms with Crippen LogP contribution in [-0.4, -0.2) is 31.2 Å². The Morgan fingerprint density at radius 3 is 2.92 bits per heavy atom. The average molecular weight is 408 g/mol. The van der Waals surface area contributed by atoms with Crippen molar-refractivity contribution < 1.29 is 9.63 Å². The minimum atomic E-state index is -0.214. The number of rotatable bonds is 5. The van der Waals surface area contributed by atoms with Gasteiger partial charge in [0.2, 0.25) is 0 Å². The molecule has 26 heavy (non-hydrogen) atoms. The lowest BCUT2D eigenvalue weighted by Crippen LogP contribution is -2.20. The topological polar surface area (TPSA) is 63.0 Å². The molecule has 0 saturated carbocycles. The summed E-state index contributed by atoms with van der Waals surface area (Å²) in [6.45, 7) is 0. The van der Waals surface area contributed by atoms with Gasteiger partial charge in [-0.05, 0) is 37.1 Å². The van der Waals surface area contributed by atoms with E-state index in [9.17, 15) is 4.79 Å². The van der Waals surface area contributed by atoms with Gasteiger partial charge >= 0.3 is 0 Å². The predicted molar refractivity (Wildman–Crippen MR) is 109 cm³/mol. The molecule has 8 heteroatoms. The van der Waals surface area contributed by atoms with Crippen LogP contribution < -0.4 is 5.43 Å². The van der Waals surface area contributed by atoms with E-state index >= 15 is 0 Å². The highest BCUT2D eigenvalue weighted by Crippen LogP contribution is 2.39. The van der Waals surface area contributed by atoms with Gasteiger partial charge in [0.05, 0.1) is 21.0 Å². The van der Waals surface area contributed by atoms with Crippen molar-refractivity contribution in [3.8, 4) is 0 Å². The standard InChI is InChI=1S/C18H18ClN3O2S2/c1-24-22-14-9-5-7-12-15(14)18(25-2)26-16(12)17(23)21-20-10-11-6-3-4-8-13(11)19/h3-4,6,8,10H,5,7,9H2,1-2H3,(H,21,23)/b20-10-,22-14-. The molecule has 0 saturated heterocycles. The molecule has 1 amide bonds. The van der Waals surface area contributed by atoms with Crippen LogP contribution >= 0.6 is 34.7 Å². The summed E-state index contributed by atoms with van der Waals surface area (Å²) in [4.78, 5) is 18.3. The Hall–Kier alpha value is -1.83. The number of nitrogens with one attached hydrogen (secondary N) is 1. The van der Waals surface area contributed by atoms with Crippen molar-refractivity contribution in [2.75, 3.05) is 13.4 Å². The normalized spacial score (nSPS) is 15.3. The minimum absolute atomic E-state index is 0.214. The lowest BCUT2D eigenvalue weighted by molar-refractivity contribution is 0.0958. The van der Waals surface area contributed by atoms with Crippen molar-refractivity contribution in [1.29, 1.82) is 0 Å². The van der Waals surface area contributed by atoms with Crippen molar-refractivity contribution >= 4 is 52.5 Å². The lowest BCUT2D eigenvalue weighted by atomic mass is 9.92. The van der Waals surface area contributed by atoms with Crippen LogP contribution in [-0.2, 0) is 11.3 Å². The molecule has 1 aromatic carbocycles. The van der Waals surface area contributed by atoms with E-state index in [2.05, 4.69) is 15.7 Å². The number of benzene rings is 1. The Morgan fingerprint density at radius 2 is 2.19 bits per heavy atom. The van der Waals surface area contributed by atoms with Crippen LogP contribution in [0.4, 0.5) is 0 Å². The van der Waals surface area contributed by atoms with Crippen LogP contribution in [0.25, 0.3) is 0 Å². The number of halogens is 1. The van der Waals surface area contributed by atoms with Gasteiger partial charge in [-0.1, -0.05) is 35.0 Å². The van der Waals surface area contributed by atoms with Crippen molar-refractivity contribution in [3.05, 3.63) is 50.9 Å². The van der Waals surface area contributed by atoms with Gasteiger partial charge in [-0.25, -0.2) is 5.43 Å². The predicted octanol–water partition coefficient (Wildman–Crippen LogP) is 4.57. The summed E-state index contributed by atoms with van der Waals surface area (Å²) in [5.74, 6) is -0.214. The largest absolute Gasteiger partial charge is 0.399 e. The molecule has 0 radical (unpaired) electrons. The van der Waals surface area contributed by atoms with E-state index in [1.807, 2.05) is 24.5 Å². The first-order valence-corrected chi connectivity index (χ1v) is 10.5. The maximum Gasteiger partial charge on any atom is 0.281 e. The average Bonchev–Trinajstić information content (AvgIpc) is 3.03. The summed E-state index contributed by atoms with van der Waals surface area (Å²) in [5.41, 5.74) is 6.36. The maximum absolute atomic E-state index is 12.7. The van der Waals surface area contributed by atoms with Crippen LogP contribution in [0.1, 0.15) is 39.2 Å². The highest BCUT2D eigenvalue weighted by molar-refractivity contribution is 8.00. The highest BCUT2D eigenvalue weighted by Gasteiger charge is 2.28. The number of thioether (sulfide) groups is 1. The molecular formula is C18H18ClN3O2S2. The number of carbonyl (C=O) groups excluding carboxylic acids is 1. The summed E-state index contributed by atoms with van der Waals surface area (Å²) in [5, 5.41) is 8.79. The Bertz CT molecular complexity index is 877. The summed E-state index contributed by atoms with van der Waals surface area (Å²) < 4.78 is 1.08. The molecule has 0 fully saturated rings. The number of hydrazone groups is 1. The number of hydrogen-bond acceptors (Lipinski definition) is 6. The van der Waals surface area contributed by atoms with Crippen LogP contribution in [0.5, 0.6) is 0 Å². The summed E-state index contributed by atoms with van der Waals surface area (Å²) in [6, 6.07) is 7.33. The van der Waals surface area contributed by atoms with Crippen LogP contribution in [0.3, 0.4) is 0 Å². The van der Waals surface area contributed by atoms with E-state index in [0.29, 0.717) is 9.90 Å². The van der Waals surface area contributed by atoms with E-state index in [0.717, 1.165) is 45.9 Å². The molecule has 136 valence electrons. The smallest absolute Gasteiger partial charge is 0.281 e. The molecule has 1 aliphatic rings. The van der Waals surface area contributed by atoms with Crippen LogP contribution in [0.15, 0.2) is 38.7 Å². The first kappa shape index (κ1) is 18.9. The van der Waals surface area contributed by atoms with Crippen molar-refractivity contribution in [3.63, 3.8) is 0 Å². The molecule has 2 aromatic rings. The molecule has 0 spiro atoms. The second-order valence-corrected chi connectivity index (χ2v) is 8.07. The molecule has 0 bridgehead atoms. The van der Waals surface area contributed by atoms with E-state index in [1.165, 1.54) is 11.3 Å². The Balaban J connectivity index is 1.84. The number of oxime groups is 1. The quantitative estimate of drug-likeness (QED) is 0.448. The third-order valence-corrected chi connectivity index (χ3v) is 6.67. The Labute approximate surface area is 165 Å². The summed E-state index contributed by atoms with van der Waals surface area (Å²) in [7, 11) is 1.55. The van der Waals surface area contributed by atoms with Crippen molar-refractivity contribution in [1.82, 2.24) is 5.43 Å². The van der Waals surface area contributed by atoms with Crippen molar-refractivity contribution in [2.24, 2.45) is 10.3 Å². The van der Waals surface area contributed by atoms with Crippen LogP contribution in [0, 0.1) is 0 Å². The molecule has 1 aliphatic carbocycles. The number of amides is 1. The highest BCUT2D eigenvalue weighted by atomic mass is 35.5. The molecule has 3 rings (SSSR count). The third-order valence-electron chi connectivity index (χ3n) is 3.97. The molecule has 1 N–H and O–H groups in total. The van der Waals surface area contributed by atoms with E-state index in [1.54, 1.807) is 31.2 Å². The van der Waals surface area contributed by atoms with Gasteiger partial charge in [-0.3, -0.25) is 4.79 Å². The molecule has 0 atom stereocenters. The number of nitrogens with zero attached hydrogens (tertiary/aromatic N) is 2. The van der Waals surface area contributed by atoms with Crippen molar-refractivity contribution in [2.45, 2.75) is 23.5 Å². The first-order valence-electron chi connectivity index (χ1n) is 8.03. The first-order chi connectivity index (χ1) is 12.7. The fourth-order valence-corrected chi connectivity index (χ4v) is 5.06. The van der Waals surface area contributed by atoms with Gasteiger partial charge in [0.25, 0.3) is 5.91 Å². The number of carbonyl (C=O) groups is 1. The zero-order valence-electron chi connectivity index (χ0n) is 14.4. The monoisotopic (exact) mass is 407 g/mol. The minimum Gasteiger partial charge on any atom is -0.399 e. The fourth-order valence-electron chi connectivity index (χ4n) is 2.85. The molecule has 1 aromatic heterocycles. The van der Waals surface area contributed by atoms with Gasteiger partial charge < -0.3 is 4.84 Å². The van der Waals surface area contributed by atoms with E-state index in [-0.39, 0.29) is 5.91 Å². The molecule has 0 unspecified atom stereocenters. The summed E-state index contributed by atoms with van der Waals surface area (Å²) >= 11 is 9.19. The molecule has 1 heterocycles. The zero-order valence-corrected chi connectivity index (χ0v) is 16.8. The van der Waals surface area contributed by atoms with Gasteiger partial charge in [0.1, 0.15) is 7.11 Å². The third kappa shape index (κ3) is 3.95. The molecule has 0 aliphatic heterocycles. The number of thiophene rings is 1. The summed E-state index contributed by atoms with van der Waals surface area (Å²) in [6.07, 6.45) is 6.21. The fraction of sp³-hybridized carbons (Fsp3) is 0.278. The Kier molecular flexibility index (Phi) is 6.34. The second kappa shape index (κ2) is 8.70. The van der Waals surface area contributed by atoms with E-state index in [4.69, 9.17) is 16.4 Å². The van der Waals surface area contributed by atoms with E-state index < -0.39 is 0 Å². The van der Waals surface area contributed by atoms with Gasteiger partial charge in [0.15, 0.2) is 0 Å². The zero-order chi connectivity index (χ0) is 18.5. The molecule has 5 nitrogen and oxygen atoms in total. The van der Waals surface area contributed by atoms with Gasteiger partial charge in [-0.15, -0.1) is 23.1 Å². The van der Waals surface area contributed by atoms with Gasteiger partial charge in [-0.2, -0.15) is 5.10 Å².